The fourth-order valence-electron chi connectivity index (χ4n) is 4.21. The van der Waals surface area contributed by atoms with E-state index in [0.717, 1.165) is 58.5 Å². The minimum absolute atomic E-state index is 0.182. The van der Waals surface area contributed by atoms with Gasteiger partial charge < -0.3 is 20.1 Å². The fraction of sp³-hybridized carbons (Fsp3) is 0.941. The van der Waals surface area contributed by atoms with Gasteiger partial charge in [0.2, 0.25) is 0 Å². The first-order valence-corrected chi connectivity index (χ1v) is 9.09. The average molecular weight is 324 g/mol. The zero-order valence-corrected chi connectivity index (χ0v) is 14.8. The van der Waals surface area contributed by atoms with Gasteiger partial charge in [0.15, 0.2) is 5.96 Å². The van der Waals surface area contributed by atoms with Gasteiger partial charge in [0.05, 0.1) is 25.9 Å². The van der Waals surface area contributed by atoms with Crippen LogP contribution in [0.1, 0.15) is 27.2 Å². The second-order valence-corrected chi connectivity index (χ2v) is 7.40. The molecule has 0 aromatic carbocycles. The number of rotatable bonds is 5. The number of guanidine groups is 1. The molecule has 0 radical (unpaired) electrons. The highest BCUT2D eigenvalue weighted by Crippen LogP contribution is 2.52. The van der Waals surface area contributed by atoms with Crippen molar-refractivity contribution in [3.63, 3.8) is 0 Å². The maximum Gasteiger partial charge on any atom is 0.191 e. The van der Waals surface area contributed by atoms with E-state index >= 15 is 0 Å². The molecule has 1 saturated carbocycles. The number of morpholine rings is 1. The molecule has 0 amide bonds. The number of ether oxygens (including phenoxy) is 2. The minimum atomic E-state index is 0.182. The number of nitrogens with one attached hydrogen (secondary N) is 2. The summed E-state index contributed by atoms with van der Waals surface area (Å²) in [6, 6.07) is 0.455. The zero-order valence-electron chi connectivity index (χ0n) is 14.8. The molecule has 6 nitrogen and oxygen atoms in total. The summed E-state index contributed by atoms with van der Waals surface area (Å²) in [4.78, 5) is 7.20. The number of nitrogens with zero attached hydrogens (tertiary/aromatic N) is 2. The van der Waals surface area contributed by atoms with Gasteiger partial charge in [0.1, 0.15) is 0 Å². The second-order valence-electron chi connectivity index (χ2n) is 7.40. The van der Waals surface area contributed by atoms with Crippen LogP contribution in [0, 0.1) is 11.3 Å². The first kappa shape index (κ1) is 17.0. The van der Waals surface area contributed by atoms with Crippen LogP contribution in [0.15, 0.2) is 4.99 Å². The average Bonchev–Trinajstić information content (AvgIpc) is 3.00. The lowest BCUT2D eigenvalue weighted by molar-refractivity contribution is -0.106. The smallest absolute Gasteiger partial charge is 0.191 e. The van der Waals surface area contributed by atoms with Gasteiger partial charge in [-0.05, 0) is 13.3 Å². The molecular weight excluding hydrogens is 292 g/mol. The molecule has 1 aliphatic carbocycles. The first-order chi connectivity index (χ1) is 11.1. The minimum Gasteiger partial charge on any atom is -0.379 e. The van der Waals surface area contributed by atoms with Crippen LogP contribution in [-0.4, -0.2) is 75.5 Å². The van der Waals surface area contributed by atoms with Crippen molar-refractivity contribution >= 4 is 5.96 Å². The van der Waals surface area contributed by atoms with Crippen LogP contribution < -0.4 is 10.6 Å². The predicted octanol–water partition coefficient (Wildman–Crippen LogP) is 0.687. The van der Waals surface area contributed by atoms with Crippen molar-refractivity contribution in [3.8, 4) is 0 Å². The van der Waals surface area contributed by atoms with Crippen LogP contribution in [0.25, 0.3) is 0 Å². The molecule has 3 rings (SSSR count). The Balaban J connectivity index is 1.52. The van der Waals surface area contributed by atoms with Gasteiger partial charge in [-0.2, -0.15) is 0 Å². The van der Waals surface area contributed by atoms with Gasteiger partial charge in [-0.3, -0.25) is 9.89 Å². The van der Waals surface area contributed by atoms with Gasteiger partial charge in [-0.1, -0.05) is 13.8 Å². The molecule has 3 fully saturated rings. The van der Waals surface area contributed by atoms with Crippen molar-refractivity contribution in [2.45, 2.75) is 39.3 Å². The third-order valence-electron chi connectivity index (χ3n) is 5.53. The van der Waals surface area contributed by atoms with Gasteiger partial charge in [-0.25, -0.2) is 0 Å². The van der Waals surface area contributed by atoms with E-state index in [1.807, 2.05) is 0 Å². The molecule has 2 heterocycles. The lowest BCUT2D eigenvalue weighted by Crippen LogP contribution is -2.68. The van der Waals surface area contributed by atoms with E-state index in [0.29, 0.717) is 18.1 Å². The van der Waals surface area contributed by atoms with Crippen LogP contribution >= 0.6 is 0 Å². The van der Waals surface area contributed by atoms with E-state index in [9.17, 15) is 0 Å². The maximum atomic E-state index is 5.88. The number of aliphatic imine (C=N–C) groups is 1. The van der Waals surface area contributed by atoms with Crippen molar-refractivity contribution in [2.75, 3.05) is 52.5 Å². The summed E-state index contributed by atoms with van der Waals surface area (Å²) < 4.78 is 11.3. The molecule has 132 valence electrons. The lowest BCUT2D eigenvalue weighted by Gasteiger charge is -2.54. The van der Waals surface area contributed by atoms with Crippen LogP contribution in [0.2, 0.25) is 0 Å². The fourth-order valence-corrected chi connectivity index (χ4v) is 4.21. The van der Waals surface area contributed by atoms with Crippen molar-refractivity contribution in [1.82, 2.24) is 15.5 Å². The summed E-state index contributed by atoms with van der Waals surface area (Å²) in [5.74, 6) is 1.58. The van der Waals surface area contributed by atoms with Crippen LogP contribution in [0.4, 0.5) is 0 Å². The van der Waals surface area contributed by atoms with E-state index in [4.69, 9.17) is 14.5 Å². The van der Waals surface area contributed by atoms with E-state index in [2.05, 4.69) is 36.3 Å². The van der Waals surface area contributed by atoms with Gasteiger partial charge >= 0.3 is 0 Å². The Hall–Kier alpha value is -0.850. The highest BCUT2D eigenvalue weighted by molar-refractivity contribution is 5.80. The standard InChI is InChI=1S/C17H32N4O2/c1-4-18-16(19-6-7-21-8-11-22-12-9-21)20-14-13-5-10-23-15(13)17(14,2)3/h13-15H,4-12H2,1-3H3,(H2,18,19,20). The largest absolute Gasteiger partial charge is 0.379 e. The zero-order chi connectivity index (χ0) is 16.3. The molecule has 0 aromatic rings. The van der Waals surface area contributed by atoms with Gasteiger partial charge in [0.25, 0.3) is 0 Å². The van der Waals surface area contributed by atoms with Crippen molar-refractivity contribution in [2.24, 2.45) is 16.3 Å². The highest BCUT2D eigenvalue weighted by atomic mass is 16.5. The molecule has 0 spiro atoms. The Morgan fingerprint density at radius 2 is 2.04 bits per heavy atom. The Morgan fingerprint density at radius 3 is 2.78 bits per heavy atom. The molecule has 23 heavy (non-hydrogen) atoms. The molecule has 2 saturated heterocycles. The Labute approximate surface area is 140 Å². The van der Waals surface area contributed by atoms with E-state index in [1.54, 1.807) is 0 Å². The van der Waals surface area contributed by atoms with Crippen LogP contribution in [0.5, 0.6) is 0 Å². The summed E-state index contributed by atoms with van der Waals surface area (Å²) >= 11 is 0. The highest BCUT2D eigenvalue weighted by Gasteiger charge is 2.59. The van der Waals surface area contributed by atoms with Gasteiger partial charge in [0, 0.05) is 50.2 Å². The molecule has 3 unspecified atom stereocenters. The SMILES string of the molecule is CCNC(=NCCN1CCOCC1)NC1C2CCOC2C1(C)C. The summed E-state index contributed by atoms with van der Waals surface area (Å²) in [6.07, 6.45) is 1.58. The van der Waals surface area contributed by atoms with Crippen molar-refractivity contribution < 1.29 is 9.47 Å². The van der Waals surface area contributed by atoms with E-state index in [-0.39, 0.29) is 5.41 Å². The quantitative estimate of drug-likeness (QED) is 0.575. The Kier molecular flexibility index (Phi) is 5.44. The summed E-state index contributed by atoms with van der Waals surface area (Å²) in [5.41, 5.74) is 0.182. The Bertz CT molecular complexity index is 421. The second kappa shape index (κ2) is 7.36. The molecule has 3 aliphatic rings. The summed E-state index contributed by atoms with van der Waals surface area (Å²) in [7, 11) is 0. The third-order valence-corrected chi connectivity index (χ3v) is 5.53. The van der Waals surface area contributed by atoms with Crippen molar-refractivity contribution in [1.29, 1.82) is 0 Å². The molecule has 3 atom stereocenters. The Morgan fingerprint density at radius 1 is 1.26 bits per heavy atom. The van der Waals surface area contributed by atoms with Crippen LogP contribution in [0.3, 0.4) is 0 Å². The molecule has 2 aliphatic heterocycles. The first-order valence-electron chi connectivity index (χ1n) is 9.09. The summed E-state index contributed by atoms with van der Waals surface area (Å²) in [6.45, 7) is 14.1. The monoisotopic (exact) mass is 324 g/mol. The summed E-state index contributed by atoms with van der Waals surface area (Å²) in [5, 5.41) is 7.06. The molecule has 2 N–H and O–H groups in total. The number of hydrogen-bond donors (Lipinski definition) is 2. The molecule has 0 aromatic heterocycles. The lowest BCUT2D eigenvalue weighted by atomic mass is 9.57. The predicted molar refractivity (Wildman–Crippen MR) is 91.8 cm³/mol. The number of fused-ring (bicyclic) bond motifs is 1. The van der Waals surface area contributed by atoms with Gasteiger partial charge in [-0.15, -0.1) is 0 Å². The normalized spacial score (nSPS) is 33.9. The molecule has 6 heteroatoms. The molecular formula is C17H32N4O2. The van der Waals surface area contributed by atoms with Crippen molar-refractivity contribution in [3.05, 3.63) is 0 Å². The topological polar surface area (TPSA) is 58.1 Å². The van der Waals surface area contributed by atoms with E-state index in [1.165, 1.54) is 6.42 Å². The molecule has 0 bridgehead atoms. The number of hydrogen-bond acceptors (Lipinski definition) is 4. The third kappa shape index (κ3) is 3.64. The van der Waals surface area contributed by atoms with E-state index < -0.39 is 0 Å². The van der Waals surface area contributed by atoms with Crippen LogP contribution in [-0.2, 0) is 9.47 Å². The maximum absolute atomic E-state index is 5.88.